The summed E-state index contributed by atoms with van der Waals surface area (Å²) in [5.41, 5.74) is 1.07. The lowest BCUT2D eigenvalue weighted by Gasteiger charge is -2.35. The molecule has 1 aromatic heterocycles. The first-order valence-electron chi connectivity index (χ1n) is 8.12. The Morgan fingerprint density at radius 3 is 2.38 bits per heavy atom. The molecular weight excluding hydrogens is 330 g/mol. The van der Waals surface area contributed by atoms with Crippen LogP contribution >= 0.6 is 0 Å². The second-order valence-corrected chi connectivity index (χ2v) is 8.57. The van der Waals surface area contributed by atoms with Crippen LogP contribution in [0.1, 0.15) is 24.5 Å². The van der Waals surface area contributed by atoms with Crippen LogP contribution in [0.5, 0.6) is 0 Å². The van der Waals surface area contributed by atoms with E-state index in [1.54, 1.807) is 4.90 Å². The molecule has 1 aromatic rings. The third-order valence-electron chi connectivity index (χ3n) is 4.55. The number of aromatic nitrogens is 2. The summed E-state index contributed by atoms with van der Waals surface area (Å²) < 4.78 is 23.9. The Morgan fingerprint density at radius 2 is 1.88 bits per heavy atom. The molecule has 1 saturated carbocycles. The third kappa shape index (κ3) is 4.02. The van der Waals surface area contributed by atoms with Crippen molar-refractivity contribution in [3.05, 3.63) is 17.8 Å². The number of anilines is 1. The minimum absolute atomic E-state index is 0.116. The summed E-state index contributed by atoms with van der Waals surface area (Å²) in [6.07, 6.45) is 3.51. The SMILES string of the molecule is CN(CC(=O)N1CCN(c2ccc(C3CC3)nn2)CC1)S(C)(=O)=O. The lowest BCUT2D eigenvalue weighted by atomic mass is 10.2. The van der Waals surface area contributed by atoms with Gasteiger partial charge in [0.1, 0.15) is 0 Å². The van der Waals surface area contributed by atoms with E-state index in [0.717, 1.165) is 22.1 Å². The molecule has 0 aromatic carbocycles. The van der Waals surface area contributed by atoms with Crippen LogP contribution < -0.4 is 4.90 Å². The maximum atomic E-state index is 12.2. The molecule has 8 nitrogen and oxygen atoms in total. The molecule has 0 spiro atoms. The quantitative estimate of drug-likeness (QED) is 0.734. The number of rotatable bonds is 5. The minimum Gasteiger partial charge on any atom is -0.352 e. The number of hydrogen-bond donors (Lipinski definition) is 0. The number of sulfonamides is 1. The molecule has 9 heteroatoms. The summed E-state index contributed by atoms with van der Waals surface area (Å²) in [5.74, 6) is 1.25. The fourth-order valence-electron chi connectivity index (χ4n) is 2.69. The molecule has 1 saturated heterocycles. The van der Waals surface area contributed by atoms with Crippen LogP contribution in [0.4, 0.5) is 5.82 Å². The molecule has 132 valence electrons. The summed E-state index contributed by atoms with van der Waals surface area (Å²) in [4.78, 5) is 16.0. The van der Waals surface area contributed by atoms with Crippen molar-refractivity contribution in [2.75, 3.05) is 50.9 Å². The molecule has 0 bridgehead atoms. The molecule has 24 heavy (non-hydrogen) atoms. The van der Waals surface area contributed by atoms with Gasteiger partial charge in [-0.2, -0.15) is 9.40 Å². The van der Waals surface area contributed by atoms with Gasteiger partial charge in [-0.25, -0.2) is 8.42 Å². The number of carbonyl (C=O) groups excluding carboxylic acids is 1. The van der Waals surface area contributed by atoms with Crippen LogP contribution in [-0.2, 0) is 14.8 Å². The van der Waals surface area contributed by atoms with E-state index in [1.807, 2.05) is 12.1 Å². The second-order valence-electron chi connectivity index (χ2n) is 6.48. The molecule has 2 fully saturated rings. The maximum Gasteiger partial charge on any atom is 0.238 e. The van der Waals surface area contributed by atoms with Crippen molar-refractivity contribution in [2.45, 2.75) is 18.8 Å². The Hall–Kier alpha value is -1.74. The van der Waals surface area contributed by atoms with Crippen molar-refractivity contribution in [1.29, 1.82) is 0 Å². The molecule has 0 unspecified atom stereocenters. The molecular formula is C15H23N5O3S. The lowest BCUT2D eigenvalue weighted by molar-refractivity contribution is -0.131. The van der Waals surface area contributed by atoms with Gasteiger partial charge in [-0.05, 0) is 25.0 Å². The fraction of sp³-hybridized carbons (Fsp3) is 0.667. The van der Waals surface area contributed by atoms with Crippen molar-refractivity contribution in [1.82, 2.24) is 19.4 Å². The highest BCUT2D eigenvalue weighted by molar-refractivity contribution is 7.88. The van der Waals surface area contributed by atoms with Crippen molar-refractivity contribution in [3.63, 3.8) is 0 Å². The second kappa shape index (κ2) is 6.64. The Labute approximate surface area is 142 Å². The van der Waals surface area contributed by atoms with Gasteiger partial charge in [0.15, 0.2) is 5.82 Å². The van der Waals surface area contributed by atoms with Crippen LogP contribution in [0.25, 0.3) is 0 Å². The summed E-state index contributed by atoms with van der Waals surface area (Å²) in [6.45, 7) is 2.34. The van der Waals surface area contributed by atoms with Crippen molar-refractivity contribution in [3.8, 4) is 0 Å². The van der Waals surface area contributed by atoms with Crippen LogP contribution in [0.3, 0.4) is 0 Å². The topological polar surface area (TPSA) is 86.7 Å². The first-order valence-corrected chi connectivity index (χ1v) is 9.97. The third-order valence-corrected chi connectivity index (χ3v) is 5.81. The zero-order valence-electron chi connectivity index (χ0n) is 14.1. The summed E-state index contributed by atoms with van der Waals surface area (Å²) in [7, 11) is -1.92. The predicted octanol–water partition coefficient (Wildman–Crippen LogP) is -0.106. The highest BCUT2D eigenvalue weighted by Gasteiger charge is 2.27. The van der Waals surface area contributed by atoms with Gasteiger partial charge >= 0.3 is 0 Å². The highest BCUT2D eigenvalue weighted by Crippen LogP contribution is 2.38. The lowest BCUT2D eigenvalue weighted by Crippen LogP contribution is -2.51. The molecule has 1 amide bonds. The van der Waals surface area contributed by atoms with Crippen molar-refractivity contribution in [2.24, 2.45) is 0 Å². The molecule has 2 heterocycles. The Bertz CT molecular complexity index is 694. The predicted molar refractivity (Wildman–Crippen MR) is 90.3 cm³/mol. The van der Waals surface area contributed by atoms with Gasteiger partial charge in [-0.15, -0.1) is 5.10 Å². The zero-order valence-corrected chi connectivity index (χ0v) is 14.9. The van der Waals surface area contributed by atoms with E-state index < -0.39 is 10.0 Å². The normalized spacial score (nSPS) is 19.0. The number of amides is 1. The number of hydrogen-bond acceptors (Lipinski definition) is 6. The van der Waals surface area contributed by atoms with Crippen molar-refractivity contribution >= 4 is 21.7 Å². The smallest absolute Gasteiger partial charge is 0.238 e. The van der Waals surface area contributed by atoms with Crippen molar-refractivity contribution < 1.29 is 13.2 Å². The standard InChI is InChI=1S/C15H23N5O3S/c1-18(24(2,22)23)11-15(21)20-9-7-19(8-10-20)14-6-5-13(16-17-14)12-3-4-12/h5-6,12H,3-4,7-11H2,1-2H3. The van der Waals surface area contributed by atoms with Gasteiger partial charge in [0.05, 0.1) is 18.5 Å². The van der Waals surface area contributed by atoms with E-state index >= 15 is 0 Å². The van der Waals surface area contributed by atoms with E-state index in [0.29, 0.717) is 32.1 Å². The van der Waals surface area contributed by atoms with E-state index in [-0.39, 0.29) is 12.5 Å². The van der Waals surface area contributed by atoms with Crippen LogP contribution in [0, 0.1) is 0 Å². The van der Waals surface area contributed by atoms with Gasteiger partial charge < -0.3 is 9.80 Å². The number of carbonyl (C=O) groups is 1. The van der Waals surface area contributed by atoms with E-state index in [2.05, 4.69) is 15.1 Å². The van der Waals surface area contributed by atoms with Gasteiger partial charge in [0, 0.05) is 39.1 Å². The Morgan fingerprint density at radius 1 is 1.21 bits per heavy atom. The first-order chi connectivity index (χ1) is 11.3. The Balaban J connectivity index is 1.52. The monoisotopic (exact) mass is 353 g/mol. The number of nitrogens with zero attached hydrogens (tertiary/aromatic N) is 5. The molecule has 0 atom stereocenters. The van der Waals surface area contributed by atoms with Gasteiger partial charge in [-0.1, -0.05) is 0 Å². The summed E-state index contributed by atoms with van der Waals surface area (Å²) in [6, 6.07) is 4.04. The number of piperazine rings is 1. The number of likely N-dealkylation sites (N-methyl/N-ethyl adjacent to an activating group) is 1. The minimum atomic E-state index is -3.34. The van der Waals surface area contributed by atoms with Crippen LogP contribution in [-0.4, -0.2) is 79.8 Å². The zero-order chi connectivity index (χ0) is 17.3. The maximum absolute atomic E-state index is 12.2. The average molecular weight is 353 g/mol. The average Bonchev–Trinajstić information content (AvgIpc) is 3.39. The molecule has 1 aliphatic heterocycles. The summed E-state index contributed by atoms with van der Waals surface area (Å²) in [5, 5.41) is 8.59. The van der Waals surface area contributed by atoms with E-state index in [4.69, 9.17) is 0 Å². The van der Waals surface area contributed by atoms with Gasteiger partial charge in [-0.3, -0.25) is 4.79 Å². The van der Waals surface area contributed by atoms with Gasteiger partial charge in [0.2, 0.25) is 15.9 Å². The largest absolute Gasteiger partial charge is 0.352 e. The van der Waals surface area contributed by atoms with Crippen LogP contribution in [0.2, 0.25) is 0 Å². The molecule has 3 rings (SSSR count). The Kier molecular flexibility index (Phi) is 4.73. The molecule has 0 N–H and O–H groups in total. The van der Waals surface area contributed by atoms with E-state index in [1.165, 1.54) is 19.9 Å². The fourth-order valence-corrected chi connectivity index (χ4v) is 3.04. The molecule has 0 radical (unpaired) electrons. The first kappa shape index (κ1) is 17.1. The molecule has 1 aliphatic carbocycles. The summed E-state index contributed by atoms with van der Waals surface area (Å²) >= 11 is 0. The van der Waals surface area contributed by atoms with Crippen LogP contribution in [0.15, 0.2) is 12.1 Å². The molecule has 2 aliphatic rings. The van der Waals surface area contributed by atoms with Gasteiger partial charge in [0.25, 0.3) is 0 Å². The highest BCUT2D eigenvalue weighted by atomic mass is 32.2. The van der Waals surface area contributed by atoms with E-state index in [9.17, 15) is 13.2 Å².